The maximum absolute atomic E-state index is 13.4. The van der Waals surface area contributed by atoms with Crippen LogP contribution < -0.4 is 4.72 Å². The zero-order valence-corrected chi connectivity index (χ0v) is 14.9. The Morgan fingerprint density at radius 1 is 0.923 bits per heavy atom. The second-order valence-corrected chi connectivity index (χ2v) is 7.74. The van der Waals surface area contributed by atoms with Gasteiger partial charge in [-0.05, 0) is 49.4 Å². The van der Waals surface area contributed by atoms with Crippen molar-refractivity contribution in [3.05, 3.63) is 72.5 Å². The van der Waals surface area contributed by atoms with Gasteiger partial charge in [0, 0.05) is 34.0 Å². The molecule has 0 spiro atoms. The van der Waals surface area contributed by atoms with Crippen molar-refractivity contribution in [3.63, 3.8) is 0 Å². The van der Waals surface area contributed by atoms with E-state index in [-0.39, 0.29) is 4.90 Å². The molecule has 0 radical (unpaired) electrons. The molecule has 0 aliphatic heterocycles. The van der Waals surface area contributed by atoms with Crippen molar-refractivity contribution in [2.75, 3.05) is 4.72 Å². The third kappa shape index (κ3) is 2.72. The van der Waals surface area contributed by atoms with Gasteiger partial charge < -0.3 is 4.57 Å². The summed E-state index contributed by atoms with van der Waals surface area (Å²) in [5.41, 5.74) is 2.60. The smallest absolute Gasteiger partial charge is 0.261 e. The van der Waals surface area contributed by atoms with Crippen LogP contribution >= 0.6 is 0 Å². The number of nitrogens with zero attached hydrogens (tertiary/aromatic N) is 1. The summed E-state index contributed by atoms with van der Waals surface area (Å²) >= 11 is 0. The fourth-order valence-electron chi connectivity index (χ4n) is 3.31. The second kappa shape index (κ2) is 6.14. The largest absolute Gasteiger partial charge is 0.341 e. The molecule has 0 amide bonds. The minimum absolute atomic E-state index is 0.103. The van der Waals surface area contributed by atoms with Gasteiger partial charge in [0.1, 0.15) is 5.82 Å². The quantitative estimate of drug-likeness (QED) is 0.565. The molecular formula is C20H17FN2O2S. The van der Waals surface area contributed by atoms with Gasteiger partial charge in [-0.3, -0.25) is 4.72 Å². The standard InChI is InChI=1S/C20H17FN2O2S/c1-2-23-19-9-4-3-8-17(19)18-13-15(10-11-20(18)23)22-26(24,25)16-7-5-6-14(21)12-16/h3-13,22H,2H2,1H3. The number of halogens is 1. The SMILES string of the molecule is CCn1c2ccccc2c2cc(NS(=O)(=O)c3cccc(F)c3)ccc21. The normalized spacial score (nSPS) is 11.9. The molecule has 1 N–H and O–H groups in total. The van der Waals surface area contributed by atoms with Gasteiger partial charge in [-0.25, -0.2) is 12.8 Å². The Hall–Kier alpha value is -2.86. The van der Waals surface area contributed by atoms with E-state index in [1.165, 1.54) is 18.2 Å². The first kappa shape index (κ1) is 16.6. The zero-order chi connectivity index (χ0) is 18.3. The number of aryl methyl sites for hydroxylation is 1. The Kier molecular flexibility index (Phi) is 3.92. The number of nitrogens with one attached hydrogen (secondary N) is 1. The number of sulfonamides is 1. The van der Waals surface area contributed by atoms with Crippen LogP contribution in [-0.2, 0) is 16.6 Å². The molecule has 0 atom stereocenters. The topological polar surface area (TPSA) is 51.1 Å². The van der Waals surface area contributed by atoms with Crippen LogP contribution in [-0.4, -0.2) is 13.0 Å². The van der Waals surface area contributed by atoms with Crippen LogP contribution in [0.2, 0.25) is 0 Å². The lowest BCUT2D eigenvalue weighted by molar-refractivity contribution is 0.595. The first-order valence-electron chi connectivity index (χ1n) is 8.29. The summed E-state index contributed by atoms with van der Waals surface area (Å²) in [5.74, 6) is -0.589. The molecule has 1 heterocycles. The fourth-order valence-corrected chi connectivity index (χ4v) is 4.39. The summed E-state index contributed by atoms with van der Waals surface area (Å²) in [6, 6.07) is 18.4. The van der Waals surface area contributed by atoms with Crippen LogP contribution in [0.5, 0.6) is 0 Å². The Morgan fingerprint density at radius 2 is 1.69 bits per heavy atom. The van der Waals surface area contributed by atoms with Gasteiger partial charge in [0.15, 0.2) is 0 Å². The lowest BCUT2D eigenvalue weighted by Crippen LogP contribution is -2.13. The number of hydrogen-bond acceptors (Lipinski definition) is 2. The molecule has 0 aliphatic rings. The number of aromatic nitrogens is 1. The van der Waals surface area contributed by atoms with E-state index in [0.29, 0.717) is 5.69 Å². The molecule has 0 saturated carbocycles. The highest BCUT2D eigenvalue weighted by molar-refractivity contribution is 7.92. The lowest BCUT2D eigenvalue weighted by Gasteiger charge is -2.09. The number of fused-ring (bicyclic) bond motifs is 3. The summed E-state index contributed by atoms with van der Waals surface area (Å²) in [4.78, 5) is -0.103. The van der Waals surface area contributed by atoms with E-state index in [9.17, 15) is 12.8 Å². The third-order valence-electron chi connectivity index (χ3n) is 4.45. The zero-order valence-electron chi connectivity index (χ0n) is 14.1. The van der Waals surface area contributed by atoms with Crippen molar-refractivity contribution in [2.24, 2.45) is 0 Å². The maximum Gasteiger partial charge on any atom is 0.261 e. The van der Waals surface area contributed by atoms with Gasteiger partial charge in [0.25, 0.3) is 10.0 Å². The van der Waals surface area contributed by atoms with Gasteiger partial charge in [-0.1, -0.05) is 24.3 Å². The van der Waals surface area contributed by atoms with Crippen molar-refractivity contribution in [2.45, 2.75) is 18.4 Å². The second-order valence-electron chi connectivity index (χ2n) is 6.06. The molecule has 0 fully saturated rings. The van der Waals surface area contributed by atoms with E-state index >= 15 is 0 Å². The number of benzene rings is 3. The van der Waals surface area contributed by atoms with Crippen molar-refractivity contribution < 1.29 is 12.8 Å². The average Bonchev–Trinajstić information content (AvgIpc) is 2.94. The van der Waals surface area contributed by atoms with Gasteiger partial charge in [0.05, 0.1) is 4.90 Å². The maximum atomic E-state index is 13.4. The van der Waals surface area contributed by atoms with E-state index in [0.717, 1.165) is 34.4 Å². The average molecular weight is 368 g/mol. The van der Waals surface area contributed by atoms with Crippen LogP contribution in [0.15, 0.2) is 71.6 Å². The monoisotopic (exact) mass is 368 g/mol. The summed E-state index contributed by atoms with van der Waals surface area (Å²) in [5, 5.41) is 2.04. The van der Waals surface area contributed by atoms with E-state index in [4.69, 9.17) is 0 Å². The molecule has 4 rings (SSSR count). The first-order valence-corrected chi connectivity index (χ1v) is 9.77. The molecule has 3 aromatic carbocycles. The number of hydrogen-bond donors (Lipinski definition) is 1. The molecule has 0 aliphatic carbocycles. The number of para-hydroxylation sites is 1. The molecule has 26 heavy (non-hydrogen) atoms. The highest BCUT2D eigenvalue weighted by atomic mass is 32.2. The summed E-state index contributed by atoms with van der Waals surface area (Å²) in [6.07, 6.45) is 0. The lowest BCUT2D eigenvalue weighted by atomic mass is 10.1. The molecule has 4 aromatic rings. The number of rotatable bonds is 4. The molecule has 1 aromatic heterocycles. The summed E-state index contributed by atoms with van der Waals surface area (Å²) in [6.45, 7) is 2.89. The minimum Gasteiger partial charge on any atom is -0.341 e. The van der Waals surface area contributed by atoms with Crippen LogP contribution in [0.25, 0.3) is 21.8 Å². The molecule has 0 bridgehead atoms. The highest BCUT2D eigenvalue weighted by Gasteiger charge is 2.16. The van der Waals surface area contributed by atoms with Gasteiger partial charge >= 0.3 is 0 Å². The van der Waals surface area contributed by atoms with Crippen molar-refractivity contribution >= 4 is 37.5 Å². The molecular weight excluding hydrogens is 351 g/mol. The van der Waals surface area contributed by atoms with Crippen LogP contribution in [0, 0.1) is 5.82 Å². The number of anilines is 1. The summed E-state index contributed by atoms with van der Waals surface area (Å²) in [7, 11) is -3.85. The van der Waals surface area contributed by atoms with Crippen molar-refractivity contribution in [1.82, 2.24) is 4.57 Å². The highest BCUT2D eigenvalue weighted by Crippen LogP contribution is 2.31. The van der Waals surface area contributed by atoms with Crippen LogP contribution in [0.4, 0.5) is 10.1 Å². The fraction of sp³-hybridized carbons (Fsp3) is 0.100. The molecule has 6 heteroatoms. The molecule has 0 unspecified atom stereocenters. The van der Waals surface area contributed by atoms with Gasteiger partial charge in [-0.15, -0.1) is 0 Å². The van der Waals surface area contributed by atoms with E-state index in [2.05, 4.69) is 22.3 Å². The van der Waals surface area contributed by atoms with Gasteiger partial charge in [-0.2, -0.15) is 0 Å². The first-order chi connectivity index (χ1) is 12.5. The molecule has 4 nitrogen and oxygen atoms in total. The van der Waals surface area contributed by atoms with Gasteiger partial charge in [0.2, 0.25) is 0 Å². The Labute approximate surface area is 150 Å². The predicted octanol–water partition coefficient (Wildman–Crippen LogP) is 4.75. The summed E-state index contributed by atoms with van der Waals surface area (Å²) < 4.78 is 43.2. The van der Waals surface area contributed by atoms with Crippen molar-refractivity contribution in [1.29, 1.82) is 0 Å². The predicted molar refractivity (Wildman–Crippen MR) is 102 cm³/mol. The molecule has 132 valence electrons. The van der Waals surface area contributed by atoms with Crippen molar-refractivity contribution in [3.8, 4) is 0 Å². The van der Waals surface area contributed by atoms with E-state index in [1.54, 1.807) is 6.07 Å². The third-order valence-corrected chi connectivity index (χ3v) is 5.83. The van der Waals surface area contributed by atoms with E-state index in [1.807, 2.05) is 30.3 Å². The Balaban J connectivity index is 1.82. The Bertz CT molecular complexity index is 1230. The Morgan fingerprint density at radius 3 is 2.46 bits per heavy atom. The van der Waals surface area contributed by atoms with Crippen LogP contribution in [0.3, 0.4) is 0 Å². The minimum atomic E-state index is -3.85. The molecule has 0 saturated heterocycles. The van der Waals surface area contributed by atoms with Crippen LogP contribution in [0.1, 0.15) is 6.92 Å². The van der Waals surface area contributed by atoms with E-state index < -0.39 is 15.8 Å².